The number of hydrogen-bond acceptors (Lipinski definition) is 4. The maximum Gasteiger partial charge on any atom is 0.329 e. The van der Waals surface area contributed by atoms with Crippen molar-refractivity contribution in [2.75, 3.05) is 0 Å². The van der Waals surface area contributed by atoms with Crippen molar-refractivity contribution in [3.8, 4) is 6.07 Å². The average molecular weight is 423 g/mol. The molecule has 0 spiro atoms. The van der Waals surface area contributed by atoms with Crippen LogP contribution in [0.3, 0.4) is 0 Å². The van der Waals surface area contributed by atoms with Gasteiger partial charge >= 0.3 is 5.69 Å². The van der Waals surface area contributed by atoms with E-state index in [-0.39, 0.29) is 34.5 Å². The van der Waals surface area contributed by atoms with Crippen LogP contribution in [0.2, 0.25) is 0 Å². The van der Waals surface area contributed by atoms with Crippen molar-refractivity contribution >= 4 is 5.78 Å². The zero-order valence-electron chi connectivity index (χ0n) is 17.1. The lowest BCUT2D eigenvalue weighted by atomic mass is 9.95. The molecule has 0 aliphatic rings. The van der Waals surface area contributed by atoms with E-state index in [9.17, 15) is 28.4 Å². The summed E-state index contributed by atoms with van der Waals surface area (Å²) >= 11 is 0. The number of nitrogens with one attached hydrogen (secondary N) is 1. The van der Waals surface area contributed by atoms with Crippen LogP contribution in [-0.2, 0) is 6.54 Å². The van der Waals surface area contributed by atoms with E-state index in [2.05, 4.69) is 4.98 Å². The molecule has 0 saturated heterocycles. The van der Waals surface area contributed by atoms with Crippen LogP contribution in [0.5, 0.6) is 0 Å². The summed E-state index contributed by atoms with van der Waals surface area (Å²) in [5, 5.41) is 9.23. The fourth-order valence-corrected chi connectivity index (χ4v) is 3.52. The molecule has 1 N–H and O–H groups in total. The number of halogens is 2. The number of carbonyl (C=O) groups excluding carboxylic acids is 1. The first-order valence-electron chi connectivity index (χ1n) is 9.49. The minimum absolute atomic E-state index is 0.0708. The molecule has 31 heavy (non-hydrogen) atoms. The molecule has 0 bridgehead atoms. The number of nitriles is 1. The third-order valence-electron chi connectivity index (χ3n) is 4.76. The van der Waals surface area contributed by atoms with Gasteiger partial charge in [0.05, 0.1) is 18.2 Å². The molecule has 0 saturated carbocycles. The fraction of sp³-hybridized carbons (Fsp3) is 0.217. The lowest BCUT2D eigenvalue weighted by Gasteiger charge is -2.18. The number of carbonyl (C=O) groups is 1. The second kappa shape index (κ2) is 8.48. The fourth-order valence-electron chi connectivity index (χ4n) is 3.52. The van der Waals surface area contributed by atoms with Crippen LogP contribution in [0.4, 0.5) is 8.78 Å². The molecule has 8 heteroatoms. The zero-order valence-corrected chi connectivity index (χ0v) is 17.1. The molecule has 0 fully saturated rings. The van der Waals surface area contributed by atoms with Gasteiger partial charge in [0, 0.05) is 17.2 Å². The number of aromatic nitrogens is 2. The first-order valence-corrected chi connectivity index (χ1v) is 9.49. The van der Waals surface area contributed by atoms with E-state index >= 15 is 0 Å². The average Bonchev–Trinajstić information content (AvgIpc) is 2.67. The molecule has 2 aromatic carbocycles. The van der Waals surface area contributed by atoms with Crippen LogP contribution in [0.15, 0.2) is 46.0 Å². The number of H-pyrrole nitrogens is 1. The zero-order chi connectivity index (χ0) is 22.9. The first kappa shape index (κ1) is 21.8. The normalized spacial score (nSPS) is 10.9. The Balaban J connectivity index is 2.30. The molecule has 1 aromatic heterocycles. The summed E-state index contributed by atoms with van der Waals surface area (Å²) in [6, 6.07) is 9.27. The topological polar surface area (TPSA) is 95.7 Å². The number of ketones is 1. The predicted molar refractivity (Wildman–Crippen MR) is 110 cm³/mol. The quantitative estimate of drug-likeness (QED) is 0.636. The number of aryl methyl sites for hydroxylation is 1. The van der Waals surface area contributed by atoms with Gasteiger partial charge < -0.3 is 0 Å². The van der Waals surface area contributed by atoms with Gasteiger partial charge in [0.15, 0.2) is 0 Å². The summed E-state index contributed by atoms with van der Waals surface area (Å²) in [5.74, 6) is -2.73. The lowest BCUT2D eigenvalue weighted by molar-refractivity contribution is 0.102. The summed E-state index contributed by atoms with van der Waals surface area (Å²) in [5.41, 5.74) is -0.557. The van der Waals surface area contributed by atoms with Crippen LogP contribution >= 0.6 is 0 Å². The Labute approximate surface area is 176 Å². The number of hydrogen-bond donors (Lipinski definition) is 1. The molecule has 0 aliphatic carbocycles. The molecule has 158 valence electrons. The van der Waals surface area contributed by atoms with Gasteiger partial charge in [-0.15, -0.1) is 0 Å². The van der Waals surface area contributed by atoms with Crippen LogP contribution in [0.1, 0.15) is 58.1 Å². The van der Waals surface area contributed by atoms with Crippen molar-refractivity contribution in [1.82, 2.24) is 9.55 Å². The molecule has 3 aromatic rings. The van der Waals surface area contributed by atoms with Gasteiger partial charge in [-0.2, -0.15) is 5.26 Å². The molecular formula is C23H19F2N3O3. The monoisotopic (exact) mass is 423 g/mol. The Hall–Kier alpha value is -3.86. The highest BCUT2D eigenvalue weighted by atomic mass is 19.1. The van der Waals surface area contributed by atoms with Gasteiger partial charge in [0.1, 0.15) is 17.3 Å². The van der Waals surface area contributed by atoms with Gasteiger partial charge in [0.25, 0.3) is 5.56 Å². The lowest BCUT2D eigenvalue weighted by Crippen LogP contribution is -2.38. The van der Waals surface area contributed by atoms with Crippen molar-refractivity contribution in [3.63, 3.8) is 0 Å². The molecule has 0 atom stereocenters. The summed E-state index contributed by atoms with van der Waals surface area (Å²) in [6.07, 6.45) is 0. The van der Waals surface area contributed by atoms with Gasteiger partial charge in [0.2, 0.25) is 5.78 Å². The second-order valence-corrected chi connectivity index (χ2v) is 7.57. The van der Waals surface area contributed by atoms with Crippen LogP contribution in [0, 0.1) is 29.9 Å². The van der Waals surface area contributed by atoms with E-state index in [1.807, 2.05) is 6.07 Å². The largest absolute Gasteiger partial charge is 0.329 e. The molecule has 0 aliphatic heterocycles. The van der Waals surface area contributed by atoms with Crippen LogP contribution < -0.4 is 11.2 Å². The summed E-state index contributed by atoms with van der Waals surface area (Å²) in [7, 11) is 0. The Morgan fingerprint density at radius 3 is 2.32 bits per heavy atom. The van der Waals surface area contributed by atoms with Gasteiger partial charge in [-0.25, -0.2) is 13.6 Å². The van der Waals surface area contributed by atoms with E-state index in [0.717, 1.165) is 16.7 Å². The molecule has 0 amide bonds. The first-order chi connectivity index (χ1) is 14.6. The second-order valence-electron chi connectivity index (χ2n) is 7.57. The smallest absolute Gasteiger partial charge is 0.287 e. The van der Waals surface area contributed by atoms with Gasteiger partial charge in [-0.3, -0.25) is 19.1 Å². The summed E-state index contributed by atoms with van der Waals surface area (Å²) in [4.78, 5) is 40.8. The maximum atomic E-state index is 13.7. The number of aromatic amines is 1. The Morgan fingerprint density at radius 1 is 1.10 bits per heavy atom. The van der Waals surface area contributed by atoms with E-state index < -0.39 is 34.6 Å². The summed E-state index contributed by atoms with van der Waals surface area (Å²) in [6.45, 7) is 4.76. The van der Waals surface area contributed by atoms with Crippen molar-refractivity contribution in [2.45, 2.75) is 33.2 Å². The molecular weight excluding hydrogens is 404 g/mol. The van der Waals surface area contributed by atoms with Gasteiger partial charge in [-0.1, -0.05) is 13.8 Å². The maximum absolute atomic E-state index is 13.7. The molecule has 3 rings (SSSR count). The van der Waals surface area contributed by atoms with Crippen molar-refractivity contribution in [2.24, 2.45) is 0 Å². The van der Waals surface area contributed by atoms with E-state index in [1.165, 1.54) is 6.07 Å². The highest BCUT2D eigenvalue weighted by Crippen LogP contribution is 2.21. The molecule has 0 unspecified atom stereocenters. The highest BCUT2D eigenvalue weighted by Gasteiger charge is 2.25. The molecule has 6 nitrogen and oxygen atoms in total. The molecule has 1 heterocycles. The Bertz CT molecular complexity index is 1330. The molecule has 0 radical (unpaired) electrons. The number of benzene rings is 2. The SMILES string of the molecule is Cc1cc(C#N)cc(C(=O)c2c(C(C)C)c(=O)[nH]c(=O)n2Cc2cc(F)cc(F)c2)c1. The van der Waals surface area contributed by atoms with E-state index in [0.29, 0.717) is 11.6 Å². The van der Waals surface area contributed by atoms with E-state index in [4.69, 9.17) is 0 Å². The van der Waals surface area contributed by atoms with Crippen molar-refractivity contribution in [3.05, 3.63) is 102 Å². The third kappa shape index (κ3) is 4.51. The predicted octanol–water partition coefficient (Wildman–Crippen LogP) is 3.40. The van der Waals surface area contributed by atoms with E-state index in [1.54, 1.807) is 32.9 Å². The standard InChI is InChI=1S/C23H19F2N3O3/c1-12(2)19-20(21(29)16-5-13(3)4-14(6-16)10-26)28(23(31)27-22(19)30)11-15-7-17(24)9-18(25)8-15/h4-9,12H,11H2,1-3H3,(H,27,30,31). The minimum atomic E-state index is -0.879. The number of nitrogens with zero attached hydrogens (tertiary/aromatic N) is 2. The van der Waals surface area contributed by atoms with Gasteiger partial charge in [-0.05, 0) is 54.3 Å². The highest BCUT2D eigenvalue weighted by molar-refractivity contribution is 6.09. The summed E-state index contributed by atoms with van der Waals surface area (Å²) < 4.78 is 28.3. The van der Waals surface area contributed by atoms with Crippen LogP contribution in [0.25, 0.3) is 0 Å². The third-order valence-corrected chi connectivity index (χ3v) is 4.76. The minimum Gasteiger partial charge on any atom is -0.287 e. The van der Waals surface area contributed by atoms with Crippen LogP contribution in [-0.4, -0.2) is 15.3 Å². The number of rotatable bonds is 5. The Morgan fingerprint density at radius 2 is 1.74 bits per heavy atom. The van der Waals surface area contributed by atoms with Crippen molar-refractivity contribution in [1.29, 1.82) is 5.26 Å². The Kier molecular flexibility index (Phi) is 5.97. The van der Waals surface area contributed by atoms with Crippen molar-refractivity contribution < 1.29 is 13.6 Å².